The van der Waals surface area contributed by atoms with Crippen LogP contribution in [-0.4, -0.2) is 18.9 Å². The van der Waals surface area contributed by atoms with Crippen LogP contribution in [0.2, 0.25) is 0 Å². The molecular formula is C9H14O3. The summed E-state index contributed by atoms with van der Waals surface area (Å²) in [7, 11) is 1.38. The molecule has 3 heteroatoms. The number of carbonyl (C=O) groups is 2. The summed E-state index contributed by atoms with van der Waals surface area (Å²) in [4.78, 5) is 21.8. The highest BCUT2D eigenvalue weighted by Crippen LogP contribution is 2.24. The summed E-state index contributed by atoms with van der Waals surface area (Å²) in [6.45, 7) is 0. The fourth-order valence-corrected chi connectivity index (χ4v) is 1.61. The molecule has 1 aliphatic carbocycles. The van der Waals surface area contributed by atoms with E-state index in [0.29, 0.717) is 19.3 Å². The molecular weight excluding hydrogens is 156 g/mol. The number of hydrogen-bond donors (Lipinski definition) is 0. The second-order valence-electron chi connectivity index (χ2n) is 3.28. The van der Waals surface area contributed by atoms with Crippen LogP contribution in [0.25, 0.3) is 0 Å². The lowest BCUT2D eigenvalue weighted by atomic mass is 9.86. The number of carbonyl (C=O) groups excluding carboxylic acids is 2. The maximum absolute atomic E-state index is 11.0. The van der Waals surface area contributed by atoms with Gasteiger partial charge < -0.3 is 4.74 Å². The molecule has 1 aliphatic rings. The van der Waals surface area contributed by atoms with Crippen molar-refractivity contribution in [3.8, 4) is 0 Å². The van der Waals surface area contributed by atoms with Gasteiger partial charge in [0.1, 0.15) is 5.78 Å². The lowest BCUT2D eigenvalue weighted by molar-refractivity contribution is -0.142. The third-order valence-corrected chi connectivity index (χ3v) is 2.27. The first-order valence-corrected chi connectivity index (χ1v) is 4.31. The summed E-state index contributed by atoms with van der Waals surface area (Å²) >= 11 is 0. The molecule has 0 amide bonds. The zero-order valence-corrected chi connectivity index (χ0v) is 7.34. The molecule has 1 atom stereocenters. The van der Waals surface area contributed by atoms with E-state index in [1.807, 2.05) is 0 Å². The van der Waals surface area contributed by atoms with Crippen LogP contribution < -0.4 is 0 Å². The molecule has 12 heavy (non-hydrogen) atoms. The maximum Gasteiger partial charge on any atom is 0.305 e. The zero-order valence-electron chi connectivity index (χ0n) is 7.34. The first-order chi connectivity index (χ1) is 5.72. The summed E-state index contributed by atoms with van der Waals surface area (Å²) in [5.41, 5.74) is 0. The Morgan fingerprint density at radius 3 is 3.00 bits per heavy atom. The number of Topliss-reactive ketones (excluding diaryl/α,β-unsaturated/α-hetero) is 1. The Morgan fingerprint density at radius 2 is 2.42 bits per heavy atom. The fraction of sp³-hybridized carbons (Fsp3) is 0.778. The van der Waals surface area contributed by atoms with Gasteiger partial charge in [-0.05, 0) is 18.8 Å². The molecule has 0 saturated heterocycles. The number of rotatable bonds is 2. The van der Waals surface area contributed by atoms with E-state index in [0.717, 1.165) is 12.8 Å². The number of methoxy groups -OCH3 is 1. The molecule has 0 aromatic rings. The normalized spacial score (nSPS) is 23.8. The van der Waals surface area contributed by atoms with Crippen molar-refractivity contribution in [1.82, 2.24) is 0 Å². The number of hydrogen-bond acceptors (Lipinski definition) is 3. The van der Waals surface area contributed by atoms with Gasteiger partial charge in [-0.2, -0.15) is 0 Å². The molecule has 1 rings (SSSR count). The highest BCUT2D eigenvalue weighted by molar-refractivity contribution is 5.80. The topological polar surface area (TPSA) is 43.4 Å². The molecule has 0 bridgehead atoms. The predicted molar refractivity (Wildman–Crippen MR) is 43.6 cm³/mol. The van der Waals surface area contributed by atoms with Crippen LogP contribution in [0.1, 0.15) is 32.1 Å². The molecule has 0 radical (unpaired) electrons. The lowest BCUT2D eigenvalue weighted by Crippen LogP contribution is -2.18. The van der Waals surface area contributed by atoms with Crippen molar-refractivity contribution >= 4 is 11.8 Å². The van der Waals surface area contributed by atoms with Crippen molar-refractivity contribution < 1.29 is 14.3 Å². The molecule has 0 aromatic heterocycles. The summed E-state index contributed by atoms with van der Waals surface area (Å²) in [6.07, 6.45) is 3.58. The summed E-state index contributed by atoms with van der Waals surface area (Å²) in [5, 5.41) is 0. The Labute approximate surface area is 72.1 Å². The molecule has 0 unspecified atom stereocenters. The average molecular weight is 170 g/mol. The standard InChI is InChI=1S/C9H14O3/c1-12-9(11)6-7-3-2-4-8(10)5-7/h7H,2-6H2,1H3/t7-/m1/s1. The van der Waals surface area contributed by atoms with Crippen LogP contribution in [0.5, 0.6) is 0 Å². The third kappa shape index (κ3) is 2.64. The van der Waals surface area contributed by atoms with Crippen molar-refractivity contribution in [2.75, 3.05) is 7.11 Å². The Balaban J connectivity index is 2.32. The minimum Gasteiger partial charge on any atom is -0.469 e. The minimum atomic E-state index is -0.199. The van der Waals surface area contributed by atoms with Gasteiger partial charge in [-0.15, -0.1) is 0 Å². The van der Waals surface area contributed by atoms with E-state index in [4.69, 9.17) is 0 Å². The van der Waals surface area contributed by atoms with Crippen LogP contribution in [-0.2, 0) is 14.3 Å². The molecule has 68 valence electrons. The number of ether oxygens (including phenoxy) is 1. The highest BCUT2D eigenvalue weighted by atomic mass is 16.5. The first-order valence-electron chi connectivity index (χ1n) is 4.31. The molecule has 3 nitrogen and oxygen atoms in total. The van der Waals surface area contributed by atoms with Crippen LogP contribution in [0.4, 0.5) is 0 Å². The van der Waals surface area contributed by atoms with Crippen LogP contribution in [0.15, 0.2) is 0 Å². The lowest BCUT2D eigenvalue weighted by Gasteiger charge is -2.18. The average Bonchev–Trinajstić information content (AvgIpc) is 2.04. The fourth-order valence-electron chi connectivity index (χ4n) is 1.61. The molecule has 1 saturated carbocycles. The monoisotopic (exact) mass is 170 g/mol. The van der Waals surface area contributed by atoms with Crippen LogP contribution in [0, 0.1) is 5.92 Å². The van der Waals surface area contributed by atoms with E-state index in [1.165, 1.54) is 7.11 Å². The minimum absolute atomic E-state index is 0.199. The molecule has 0 aliphatic heterocycles. The summed E-state index contributed by atoms with van der Waals surface area (Å²) in [5.74, 6) is 0.323. The van der Waals surface area contributed by atoms with Crippen molar-refractivity contribution in [1.29, 1.82) is 0 Å². The molecule has 0 aromatic carbocycles. The summed E-state index contributed by atoms with van der Waals surface area (Å²) in [6, 6.07) is 0. The SMILES string of the molecule is COC(=O)C[C@@H]1CCCC(=O)C1. The van der Waals surface area contributed by atoms with Gasteiger partial charge in [-0.25, -0.2) is 0 Å². The predicted octanol–water partition coefficient (Wildman–Crippen LogP) is 1.31. The second kappa shape index (κ2) is 4.24. The number of ketones is 1. The van der Waals surface area contributed by atoms with Crippen molar-refractivity contribution in [2.24, 2.45) is 5.92 Å². The molecule has 1 fully saturated rings. The molecule has 0 heterocycles. The highest BCUT2D eigenvalue weighted by Gasteiger charge is 2.21. The van der Waals surface area contributed by atoms with Gasteiger partial charge in [-0.3, -0.25) is 9.59 Å². The van der Waals surface area contributed by atoms with E-state index in [2.05, 4.69) is 4.74 Å². The van der Waals surface area contributed by atoms with E-state index < -0.39 is 0 Å². The Morgan fingerprint density at radius 1 is 1.67 bits per heavy atom. The van der Waals surface area contributed by atoms with Crippen molar-refractivity contribution in [3.63, 3.8) is 0 Å². The molecule has 0 N–H and O–H groups in total. The van der Waals surface area contributed by atoms with Crippen molar-refractivity contribution in [3.05, 3.63) is 0 Å². The van der Waals surface area contributed by atoms with E-state index in [1.54, 1.807) is 0 Å². The van der Waals surface area contributed by atoms with Gasteiger partial charge in [0.15, 0.2) is 0 Å². The van der Waals surface area contributed by atoms with Crippen LogP contribution >= 0.6 is 0 Å². The van der Waals surface area contributed by atoms with Gasteiger partial charge in [-0.1, -0.05) is 0 Å². The Hall–Kier alpha value is -0.860. The zero-order chi connectivity index (χ0) is 8.97. The van der Waals surface area contributed by atoms with E-state index >= 15 is 0 Å². The van der Waals surface area contributed by atoms with Gasteiger partial charge >= 0.3 is 5.97 Å². The van der Waals surface area contributed by atoms with E-state index in [-0.39, 0.29) is 17.7 Å². The van der Waals surface area contributed by atoms with Gasteiger partial charge in [0.25, 0.3) is 0 Å². The summed E-state index contributed by atoms with van der Waals surface area (Å²) < 4.78 is 4.54. The van der Waals surface area contributed by atoms with Gasteiger partial charge in [0, 0.05) is 19.3 Å². The van der Waals surface area contributed by atoms with Crippen LogP contribution in [0.3, 0.4) is 0 Å². The smallest absolute Gasteiger partial charge is 0.305 e. The first kappa shape index (κ1) is 9.23. The third-order valence-electron chi connectivity index (χ3n) is 2.27. The quantitative estimate of drug-likeness (QED) is 0.587. The maximum atomic E-state index is 11.0. The number of esters is 1. The van der Waals surface area contributed by atoms with Gasteiger partial charge in [0.2, 0.25) is 0 Å². The Kier molecular flexibility index (Phi) is 3.26. The largest absolute Gasteiger partial charge is 0.469 e. The Bertz CT molecular complexity index is 186. The van der Waals surface area contributed by atoms with Crippen molar-refractivity contribution in [2.45, 2.75) is 32.1 Å². The van der Waals surface area contributed by atoms with Gasteiger partial charge in [0.05, 0.1) is 7.11 Å². The second-order valence-corrected chi connectivity index (χ2v) is 3.28. The van der Waals surface area contributed by atoms with E-state index in [9.17, 15) is 9.59 Å². The molecule has 0 spiro atoms.